The molecule has 0 heterocycles. The molecule has 6 heteroatoms. The molecule has 2 N–H and O–H groups in total. The van der Waals surface area contributed by atoms with E-state index in [-0.39, 0.29) is 25.4 Å². The van der Waals surface area contributed by atoms with E-state index >= 15 is 0 Å². The minimum Gasteiger partial charge on any atom is -0.468 e. The molecule has 126 valence electrons. The lowest BCUT2D eigenvalue weighted by atomic mass is 10.0. The van der Waals surface area contributed by atoms with Crippen LogP contribution in [0.3, 0.4) is 0 Å². The van der Waals surface area contributed by atoms with Crippen molar-refractivity contribution in [3.63, 3.8) is 0 Å². The van der Waals surface area contributed by atoms with Gasteiger partial charge in [0.2, 0.25) is 5.91 Å². The third-order valence-corrected chi connectivity index (χ3v) is 3.26. The number of methoxy groups -OCH3 is 1. The van der Waals surface area contributed by atoms with Gasteiger partial charge in [-0.2, -0.15) is 0 Å². The molecule has 0 spiro atoms. The predicted octanol–water partition coefficient (Wildman–Crippen LogP) is 2.05. The van der Waals surface area contributed by atoms with E-state index < -0.39 is 11.9 Å². The maximum absolute atomic E-state index is 12.0. The Balaban J connectivity index is 2.05. The summed E-state index contributed by atoms with van der Waals surface area (Å²) in [6, 6.07) is 14.0. The largest absolute Gasteiger partial charge is 0.468 e. The molecule has 6 nitrogen and oxygen atoms in total. The van der Waals surface area contributed by atoms with Gasteiger partial charge in [-0.05, 0) is 29.3 Å². The van der Waals surface area contributed by atoms with Crippen molar-refractivity contribution in [2.45, 2.75) is 13.0 Å². The molecule has 0 atom stereocenters. The van der Waals surface area contributed by atoms with Crippen LogP contribution >= 0.6 is 0 Å². The number of hydrogen-bond donors (Lipinski definition) is 1. The number of primary amides is 1. The summed E-state index contributed by atoms with van der Waals surface area (Å²) in [6.07, 6.45) is -0.0741. The lowest BCUT2D eigenvalue weighted by molar-refractivity contribution is -0.144. The molecular formula is C18H19NO5. The number of rotatable bonds is 8. The Kier molecular flexibility index (Phi) is 6.33. The van der Waals surface area contributed by atoms with Gasteiger partial charge in [0.05, 0.1) is 6.42 Å². The van der Waals surface area contributed by atoms with Crippen LogP contribution in [-0.2, 0) is 27.3 Å². The average molecular weight is 329 g/mol. The van der Waals surface area contributed by atoms with Gasteiger partial charge in [-0.3, -0.25) is 9.59 Å². The topological polar surface area (TPSA) is 87.9 Å². The summed E-state index contributed by atoms with van der Waals surface area (Å²) < 4.78 is 15.4. The van der Waals surface area contributed by atoms with Crippen LogP contribution in [0.15, 0.2) is 48.5 Å². The van der Waals surface area contributed by atoms with Gasteiger partial charge < -0.3 is 19.9 Å². The monoisotopic (exact) mass is 329 g/mol. The summed E-state index contributed by atoms with van der Waals surface area (Å²) in [7, 11) is 1.50. The first-order chi connectivity index (χ1) is 11.6. The van der Waals surface area contributed by atoms with Gasteiger partial charge in [0.1, 0.15) is 12.4 Å². The number of carbonyl (C=O) groups excluding carboxylic acids is 2. The summed E-state index contributed by atoms with van der Waals surface area (Å²) in [5.74, 6) is -0.586. The summed E-state index contributed by atoms with van der Waals surface area (Å²) >= 11 is 0. The minimum absolute atomic E-state index is 0.0633. The third kappa shape index (κ3) is 5.10. The van der Waals surface area contributed by atoms with E-state index in [1.54, 1.807) is 12.1 Å². The van der Waals surface area contributed by atoms with Gasteiger partial charge in [0.25, 0.3) is 0 Å². The average Bonchev–Trinajstić information content (AvgIpc) is 2.59. The molecule has 2 rings (SSSR count). The van der Waals surface area contributed by atoms with Crippen LogP contribution in [0.25, 0.3) is 0 Å². The number of esters is 1. The summed E-state index contributed by atoms with van der Waals surface area (Å²) in [4.78, 5) is 23.6. The van der Waals surface area contributed by atoms with Gasteiger partial charge in [-0.1, -0.05) is 30.3 Å². The first kappa shape index (κ1) is 17.5. The van der Waals surface area contributed by atoms with Crippen LogP contribution in [0.1, 0.15) is 21.5 Å². The molecule has 0 aliphatic rings. The normalized spacial score (nSPS) is 10.2. The second-order valence-corrected chi connectivity index (χ2v) is 5.06. The second kappa shape index (κ2) is 8.69. The molecule has 0 fully saturated rings. The molecule has 1 amide bonds. The van der Waals surface area contributed by atoms with Gasteiger partial charge in [-0.25, -0.2) is 0 Å². The van der Waals surface area contributed by atoms with E-state index in [9.17, 15) is 9.59 Å². The highest BCUT2D eigenvalue weighted by molar-refractivity contribution is 5.95. The number of benzene rings is 2. The van der Waals surface area contributed by atoms with Crippen molar-refractivity contribution >= 4 is 11.9 Å². The van der Waals surface area contributed by atoms with Crippen molar-refractivity contribution in [2.24, 2.45) is 5.73 Å². The maximum Gasteiger partial charge on any atom is 0.310 e. The van der Waals surface area contributed by atoms with Crippen molar-refractivity contribution in [1.29, 1.82) is 0 Å². The first-order valence-corrected chi connectivity index (χ1v) is 7.34. The molecule has 0 saturated heterocycles. The molecule has 24 heavy (non-hydrogen) atoms. The fourth-order valence-electron chi connectivity index (χ4n) is 2.12. The Morgan fingerprint density at radius 2 is 1.83 bits per heavy atom. The third-order valence-electron chi connectivity index (χ3n) is 3.26. The SMILES string of the molecule is COCOc1ccc(C(N)=O)c(CC(=O)OCc2ccccc2)c1. The van der Waals surface area contributed by atoms with Crippen LogP contribution in [0.2, 0.25) is 0 Å². The zero-order valence-electron chi connectivity index (χ0n) is 13.4. The summed E-state index contributed by atoms with van der Waals surface area (Å²) in [6.45, 7) is 0.235. The van der Waals surface area contributed by atoms with Crippen molar-refractivity contribution < 1.29 is 23.8 Å². The standard InChI is InChI=1S/C18H19NO5/c1-22-12-24-15-7-8-16(18(19)21)14(9-15)10-17(20)23-11-13-5-3-2-4-6-13/h2-9H,10-12H2,1H3,(H2,19,21). The fourth-order valence-corrected chi connectivity index (χ4v) is 2.12. The Labute approximate surface area is 140 Å². The number of hydrogen-bond acceptors (Lipinski definition) is 5. The molecular weight excluding hydrogens is 310 g/mol. The Hall–Kier alpha value is -2.86. The summed E-state index contributed by atoms with van der Waals surface area (Å²) in [5, 5.41) is 0. The first-order valence-electron chi connectivity index (χ1n) is 7.34. The number of carbonyl (C=O) groups is 2. The van der Waals surface area contributed by atoms with Crippen molar-refractivity contribution in [2.75, 3.05) is 13.9 Å². The van der Waals surface area contributed by atoms with Crippen molar-refractivity contribution in [3.8, 4) is 5.75 Å². The molecule has 0 aromatic heterocycles. The van der Waals surface area contributed by atoms with Crippen molar-refractivity contribution in [1.82, 2.24) is 0 Å². The van der Waals surface area contributed by atoms with E-state index in [2.05, 4.69) is 0 Å². The Bertz CT molecular complexity index is 700. The summed E-state index contributed by atoms with van der Waals surface area (Å²) in [5.41, 5.74) is 6.95. The highest BCUT2D eigenvalue weighted by Gasteiger charge is 2.14. The van der Waals surface area contributed by atoms with E-state index in [1.807, 2.05) is 30.3 Å². The van der Waals surface area contributed by atoms with E-state index in [4.69, 9.17) is 19.9 Å². The van der Waals surface area contributed by atoms with E-state index in [0.29, 0.717) is 11.3 Å². The molecule has 2 aromatic rings. The number of nitrogens with two attached hydrogens (primary N) is 1. The van der Waals surface area contributed by atoms with E-state index in [0.717, 1.165) is 5.56 Å². The number of amides is 1. The highest BCUT2D eigenvalue weighted by atomic mass is 16.7. The molecule has 0 radical (unpaired) electrons. The van der Waals surface area contributed by atoms with Crippen LogP contribution in [0, 0.1) is 0 Å². The number of ether oxygens (including phenoxy) is 3. The molecule has 2 aromatic carbocycles. The van der Waals surface area contributed by atoms with E-state index in [1.165, 1.54) is 13.2 Å². The quantitative estimate of drug-likeness (QED) is 0.591. The molecule has 0 bridgehead atoms. The second-order valence-electron chi connectivity index (χ2n) is 5.06. The smallest absolute Gasteiger partial charge is 0.310 e. The maximum atomic E-state index is 12.0. The zero-order chi connectivity index (χ0) is 17.4. The van der Waals surface area contributed by atoms with Crippen LogP contribution < -0.4 is 10.5 Å². The Morgan fingerprint density at radius 1 is 1.08 bits per heavy atom. The molecule has 0 aliphatic carbocycles. The van der Waals surface area contributed by atoms with Gasteiger partial charge >= 0.3 is 5.97 Å². The molecule has 0 aliphatic heterocycles. The molecule has 0 unspecified atom stereocenters. The minimum atomic E-state index is -0.612. The van der Waals surface area contributed by atoms with Crippen molar-refractivity contribution in [3.05, 3.63) is 65.2 Å². The lowest BCUT2D eigenvalue weighted by Gasteiger charge is -2.11. The highest BCUT2D eigenvalue weighted by Crippen LogP contribution is 2.19. The predicted molar refractivity (Wildman–Crippen MR) is 87.4 cm³/mol. The van der Waals surface area contributed by atoms with Crippen LogP contribution in [0.5, 0.6) is 5.75 Å². The zero-order valence-corrected chi connectivity index (χ0v) is 13.4. The Morgan fingerprint density at radius 3 is 2.50 bits per heavy atom. The lowest BCUT2D eigenvalue weighted by Crippen LogP contribution is -2.17. The molecule has 0 saturated carbocycles. The fraction of sp³-hybridized carbons (Fsp3) is 0.222. The van der Waals surface area contributed by atoms with Crippen LogP contribution in [-0.4, -0.2) is 25.8 Å². The van der Waals surface area contributed by atoms with Gasteiger partial charge in [0, 0.05) is 12.7 Å². The van der Waals surface area contributed by atoms with Crippen LogP contribution in [0.4, 0.5) is 0 Å². The van der Waals surface area contributed by atoms with Gasteiger partial charge in [0.15, 0.2) is 6.79 Å². The van der Waals surface area contributed by atoms with Gasteiger partial charge in [-0.15, -0.1) is 0 Å².